The van der Waals surface area contributed by atoms with Crippen molar-refractivity contribution in [3.8, 4) is 0 Å². The van der Waals surface area contributed by atoms with Gasteiger partial charge >= 0.3 is 26.2 Å². The van der Waals surface area contributed by atoms with Gasteiger partial charge in [-0.25, -0.2) is 0 Å². The molecule has 4 heteroatoms. The summed E-state index contributed by atoms with van der Waals surface area (Å²) in [5.41, 5.74) is 0. The number of hydrogen-bond donors (Lipinski definition) is 0. The Labute approximate surface area is 94.2 Å². The largest absolute Gasteiger partial charge is 4.00 e. The van der Waals surface area contributed by atoms with Gasteiger partial charge in [0.25, 0.3) is 0 Å². The second-order valence-corrected chi connectivity index (χ2v) is 1.30. The standard InChI is InChI=1S/C5H7.3ClH.Zr/c1-2-4-5-3-1;;;;/h1H,2,4-5H2;3*1H;/q-1;;;;+4/p-3. The maximum atomic E-state index is 3.10. The first-order chi connectivity index (χ1) is 2.50. The summed E-state index contributed by atoms with van der Waals surface area (Å²) >= 11 is 0. The van der Waals surface area contributed by atoms with Crippen LogP contribution in [-0.2, 0) is 26.2 Å². The van der Waals surface area contributed by atoms with Gasteiger partial charge in [-0.2, -0.15) is 6.42 Å². The third-order valence-corrected chi connectivity index (χ3v) is 0.814. The fourth-order valence-electron chi connectivity index (χ4n) is 0.510. The molecular formula is C5H7Cl3Zr. The molecular weight excluding hydrogens is 258 g/mol. The molecule has 0 saturated carbocycles. The molecule has 0 bridgehead atoms. The van der Waals surface area contributed by atoms with Gasteiger partial charge in [-0.3, -0.25) is 6.08 Å². The first-order valence-electron chi connectivity index (χ1n) is 2.05. The SMILES string of the molecule is [C-]1=CCCC1.[Cl-].[Cl-].[Cl-].[Zr+4]. The van der Waals surface area contributed by atoms with Crippen LogP contribution < -0.4 is 37.2 Å². The van der Waals surface area contributed by atoms with E-state index in [0.717, 1.165) is 0 Å². The molecule has 52 valence electrons. The van der Waals surface area contributed by atoms with E-state index in [-0.39, 0.29) is 63.4 Å². The summed E-state index contributed by atoms with van der Waals surface area (Å²) in [4.78, 5) is 0. The van der Waals surface area contributed by atoms with Gasteiger partial charge in [-0.1, -0.05) is 12.8 Å². The minimum atomic E-state index is 0. The van der Waals surface area contributed by atoms with Crippen molar-refractivity contribution in [3.05, 3.63) is 12.2 Å². The minimum Gasteiger partial charge on any atom is -1.00 e. The fraction of sp³-hybridized carbons (Fsp3) is 0.600. The van der Waals surface area contributed by atoms with Crippen LogP contribution in [0.4, 0.5) is 0 Å². The van der Waals surface area contributed by atoms with Crippen LogP contribution in [0.2, 0.25) is 0 Å². The van der Waals surface area contributed by atoms with Crippen molar-refractivity contribution < 1.29 is 63.4 Å². The summed E-state index contributed by atoms with van der Waals surface area (Å²) in [5, 5.41) is 0. The van der Waals surface area contributed by atoms with Gasteiger partial charge < -0.3 is 43.3 Å². The van der Waals surface area contributed by atoms with Crippen LogP contribution in [0.1, 0.15) is 19.3 Å². The van der Waals surface area contributed by atoms with Crippen molar-refractivity contribution in [1.29, 1.82) is 0 Å². The van der Waals surface area contributed by atoms with E-state index in [1.165, 1.54) is 19.3 Å². The van der Waals surface area contributed by atoms with E-state index in [1.807, 2.05) is 0 Å². The smallest absolute Gasteiger partial charge is 1.00 e. The molecule has 0 aliphatic heterocycles. The van der Waals surface area contributed by atoms with Gasteiger partial charge in [-0.15, -0.1) is 0 Å². The molecule has 0 unspecified atom stereocenters. The van der Waals surface area contributed by atoms with Crippen molar-refractivity contribution in [2.24, 2.45) is 0 Å². The van der Waals surface area contributed by atoms with Crippen LogP contribution in [0.5, 0.6) is 0 Å². The Balaban J connectivity index is -0.0000000312. The van der Waals surface area contributed by atoms with Crippen molar-refractivity contribution >= 4 is 0 Å². The molecule has 0 aromatic carbocycles. The zero-order valence-electron chi connectivity index (χ0n) is 4.83. The zero-order valence-corrected chi connectivity index (χ0v) is 9.56. The monoisotopic (exact) mass is 262 g/mol. The van der Waals surface area contributed by atoms with E-state index >= 15 is 0 Å². The van der Waals surface area contributed by atoms with E-state index < -0.39 is 0 Å². The molecule has 0 aromatic rings. The Kier molecular flexibility index (Phi) is 40.5. The summed E-state index contributed by atoms with van der Waals surface area (Å²) in [6.45, 7) is 0. The molecule has 0 saturated heterocycles. The quantitative estimate of drug-likeness (QED) is 0.382. The number of halogens is 3. The maximum Gasteiger partial charge on any atom is 4.00 e. The first-order valence-corrected chi connectivity index (χ1v) is 2.05. The molecule has 0 amide bonds. The average molecular weight is 265 g/mol. The van der Waals surface area contributed by atoms with Crippen LogP contribution in [0.15, 0.2) is 6.08 Å². The second-order valence-electron chi connectivity index (χ2n) is 1.30. The Bertz CT molecular complexity index is 50.2. The Morgan fingerprint density at radius 1 is 1.11 bits per heavy atom. The summed E-state index contributed by atoms with van der Waals surface area (Å²) in [6.07, 6.45) is 9.00. The summed E-state index contributed by atoms with van der Waals surface area (Å²) in [5.74, 6) is 0. The van der Waals surface area contributed by atoms with Crippen LogP contribution in [0, 0.1) is 6.08 Å². The molecule has 9 heavy (non-hydrogen) atoms. The molecule has 0 spiro atoms. The first kappa shape index (κ1) is 22.4. The van der Waals surface area contributed by atoms with Gasteiger partial charge in [0.2, 0.25) is 0 Å². The molecule has 0 nitrogen and oxygen atoms in total. The van der Waals surface area contributed by atoms with Gasteiger partial charge in [0, 0.05) is 0 Å². The molecule has 0 N–H and O–H groups in total. The van der Waals surface area contributed by atoms with E-state index in [2.05, 4.69) is 12.2 Å². The molecule has 1 aliphatic carbocycles. The second kappa shape index (κ2) is 16.2. The topological polar surface area (TPSA) is 0 Å². The fourth-order valence-corrected chi connectivity index (χ4v) is 0.510. The Morgan fingerprint density at radius 2 is 1.67 bits per heavy atom. The van der Waals surface area contributed by atoms with Gasteiger partial charge in [0.05, 0.1) is 0 Å². The average Bonchev–Trinajstić information content (AvgIpc) is 1.76. The third kappa shape index (κ3) is 12.6. The molecule has 0 radical (unpaired) electrons. The maximum absolute atomic E-state index is 3.10. The molecule has 1 rings (SSSR count). The number of hydrogen-bond acceptors (Lipinski definition) is 0. The zero-order chi connectivity index (χ0) is 3.54. The van der Waals surface area contributed by atoms with Gasteiger partial charge in [0.15, 0.2) is 0 Å². The van der Waals surface area contributed by atoms with Crippen molar-refractivity contribution in [2.45, 2.75) is 19.3 Å². The van der Waals surface area contributed by atoms with Crippen LogP contribution >= 0.6 is 0 Å². The van der Waals surface area contributed by atoms with Crippen molar-refractivity contribution in [1.82, 2.24) is 0 Å². The molecule has 0 heterocycles. The summed E-state index contributed by atoms with van der Waals surface area (Å²) < 4.78 is 0. The van der Waals surface area contributed by atoms with Gasteiger partial charge in [-0.05, 0) is 0 Å². The van der Waals surface area contributed by atoms with E-state index in [0.29, 0.717) is 0 Å². The van der Waals surface area contributed by atoms with E-state index in [1.54, 1.807) is 0 Å². The third-order valence-electron chi connectivity index (χ3n) is 0.814. The number of allylic oxidation sites excluding steroid dienone is 2. The predicted octanol–water partition coefficient (Wildman–Crippen LogP) is -7.46. The Hall–Kier alpha value is 1.49. The van der Waals surface area contributed by atoms with E-state index in [9.17, 15) is 0 Å². The van der Waals surface area contributed by atoms with Crippen LogP contribution in [0.3, 0.4) is 0 Å². The Morgan fingerprint density at radius 3 is 1.78 bits per heavy atom. The molecule has 1 aliphatic rings. The van der Waals surface area contributed by atoms with Crippen molar-refractivity contribution in [2.75, 3.05) is 0 Å². The normalized spacial score (nSPS) is 11.6. The van der Waals surface area contributed by atoms with Crippen molar-refractivity contribution in [3.63, 3.8) is 0 Å². The molecule has 0 aromatic heterocycles. The summed E-state index contributed by atoms with van der Waals surface area (Å²) in [6, 6.07) is 0. The molecule has 0 atom stereocenters. The van der Waals surface area contributed by atoms with Crippen LogP contribution in [-0.4, -0.2) is 0 Å². The minimum absolute atomic E-state index is 0. The number of rotatable bonds is 0. The molecule has 0 fully saturated rings. The van der Waals surface area contributed by atoms with Gasteiger partial charge in [0.1, 0.15) is 0 Å². The van der Waals surface area contributed by atoms with E-state index in [4.69, 9.17) is 0 Å². The van der Waals surface area contributed by atoms with Crippen LogP contribution in [0.25, 0.3) is 0 Å². The predicted molar refractivity (Wildman–Crippen MR) is 21.7 cm³/mol. The summed E-state index contributed by atoms with van der Waals surface area (Å²) in [7, 11) is 0.